The molecule has 0 radical (unpaired) electrons. The fraction of sp³-hybridized carbons (Fsp3) is 0.429. The second-order valence-electron chi connectivity index (χ2n) is 4.20. The van der Waals surface area contributed by atoms with Crippen LogP contribution in [0.1, 0.15) is 23.7 Å². The predicted octanol–water partition coefficient (Wildman–Crippen LogP) is 0.395. The van der Waals surface area contributed by atoms with Crippen molar-refractivity contribution in [2.75, 3.05) is 26.3 Å². The Kier molecular flexibility index (Phi) is 6.52. The summed E-state index contributed by atoms with van der Waals surface area (Å²) in [7, 11) is 0. The van der Waals surface area contributed by atoms with Crippen LogP contribution in [0.3, 0.4) is 0 Å². The molecule has 1 rings (SSSR count). The maximum absolute atomic E-state index is 11.9. The van der Waals surface area contributed by atoms with Crippen LogP contribution >= 0.6 is 0 Å². The van der Waals surface area contributed by atoms with Crippen LogP contribution < -0.4 is 10.5 Å². The summed E-state index contributed by atoms with van der Waals surface area (Å²) in [6, 6.07) is 6.52. The van der Waals surface area contributed by atoms with E-state index in [0.717, 1.165) is 0 Å². The Bertz CT molecular complexity index is 462. The Balaban J connectivity index is 2.62. The minimum absolute atomic E-state index is 0.0369. The van der Waals surface area contributed by atoms with Crippen molar-refractivity contribution in [3.05, 3.63) is 29.8 Å². The van der Waals surface area contributed by atoms with Crippen LogP contribution in [0, 0.1) is 0 Å². The quantitative estimate of drug-likeness (QED) is 0.720. The molecule has 6 nitrogen and oxygen atoms in total. The fourth-order valence-corrected chi connectivity index (χ4v) is 1.75. The number of hydrogen-bond donors (Lipinski definition) is 2. The van der Waals surface area contributed by atoms with Crippen molar-refractivity contribution < 1.29 is 19.4 Å². The minimum atomic E-state index is -0.597. The smallest absolute Gasteiger partial charge is 0.260 e. The number of rotatable bonds is 8. The zero-order valence-electron chi connectivity index (χ0n) is 11.5. The SMILES string of the molecule is CCN(CCCO)C(=O)COc1ccccc1C(N)=O. The molecule has 0 bridgehead atoms. The van der Waals surface area contributed by atoms with E-state index in [1.165, 1.54) is 0 Å². The van der Waals surface area contributed by atoms with E-state index in [0.29, 0.717) is 25.3 Å². The summed E-state index contributed by atoms with van der Waals surface area (Å²) in [6.07, 6.45) is 0.525. The fourth-order valence-electron chi connectivity index (χ4n) is 1.75. The molecule has 20 heavy (non-hydrogen) atoms. The molecule has 0 saturated carbocycles. The normalized spacial score (nSPS) is 10.1. The number of hydrogen-bond acceptors (Lipinski definition) is 4. The minimum Gasteiger partial charge on any atom is -0.483 e. The number of carbonyl (C=O) groups excluding carboxylic acids is 2. The lowest BCUT2D eigenvalue weighted by atomic mass is 10.2. The third-order valence-corrected chi connectivity index (χ3v) is 2.82. The van der Waals surface area contributed by atoms with Crippen LogP contribution in [0.25, 0.3) is 0 Å². The molecule has 2 amide bonds. The summed E-state index contributed by atoms with van der Waals surface area (Å²) in [4.78, 5) is 24.7. The van der Waals surface area contributed by atoms with E-state index in [1.807, 2.05) is 6.92 Å². The molecule has 6 heteroatoms. The highest BCUT2D eigenvalue weighted by Crippen LogP contribution is 2.17. The third-order valence-electron chi connectivity index (χ3n) is 2.82. The number of primary amides is 1. The molecular weight excluding hydrogens is 260 g/mol. The first kappa shape index (κ1) is 16.0. The molecular formula is C14H20N2O4. The van der Waals surface area contributed by atoms with Gasteiger partial charge in [-0.3, -0.25) is 9.59 Å². The molecule has 110 valence electrons. The maximum Gasteiger partial charge on any atom is 0.260 e. The second kappa shape index (κ2) is 8.16. The van der Waals surface area contributed by atoms with Gasteiger partial charge in [0.05, 0.1) is 5.56 Å². The molecule has 0 aliphatic carbocycles. The van der Waals surface area contributed by atoms with Crippen molar-refractivity contribution in [3.8, 4) is 5.75 Å². The lowest BCUT2D eigenvalue weighted by Gasteiger charge is -2.20. The van der Waals surface area contributed by atoms with Gasteiger partial charge >= 0.3 is 0 Å². The number of likely N-dealkylation sites (N-methyl/N-ethyl adjacent to an activating group) is 1. The number of ether oxygens (including phenoxy) is 1. The molecule has 0 aromatic heterocycles. The van der Waals surface area contributed by atoms with Gasteiger partial charge < -0.3 is 20.5 Å². The van der Waals surface area contributed by atoms with Gasteiger partial charge in [0.2, 0.25) is 0 Å². The van der Waals surface area contributed by atoms with Gasteiger partial charge in [0.1, 0.15) is 5.75 Å². The van der Waals surface area contributed by atoms with Gasteiger partial charge in [0.25, 0.3) is 11.8 Å². The highest BCUT2D eigenvalue weighted by atomic mass is 16.5. The van der Waals surface area contributed by atoms with Crippen molar-refractivity contribution in [2.24, 2.45) is 5.73 Å². The van der Waals surface area contributed by atoms with Gasteiger partial charge in [-0.2, -0.15) is 0 Å². The van der Waals surface area contributed by atoms with Gasteiger partial charge in [0.15, 0.2) is 6.61 Å². The van der Waals surface area contributed by atoms with Crippen LogP contribution in [-0.4, -0.2) is 48.1 Å². The lowest BCUT2D eigenvalue weighted by molar-refractivity contribution is -0.133. The Morgan fingerprint density at radius 1 is 1.35 bits per heavy atom. The monoisotopic (exact) mass is 280 g/mol. The molecule has 0 fully saturated rings. The summed E-state index contributed by atoms with van der Waals surface area (Å²) in [5.41, 5.74) is 5.48. The number of benzene rings is 1. The average molecular weight is 280 g/mol. The van der Waals surface area contributed by atoms with Gasteiger partial charge in [-0.25, -0.2) is 0 Å². The highest BCUT2D eigenvalue weighted by molar-refractivity contribution is 5.95. The molecule has 1 aromatic rings. The average Bonchev–Trinajstić information content (AvgIpc) is 2.46. The molecule has 0 atom stereocenters. The van der Waals surface area contributed by atoms with Crippen molar-refractivity contribution in [3.63, 3.8) is 0 Å². The first-order valence-corrected chi connectivity index (χ1v) is 6.50. The summed E-state index contributed by atoms with van der Waals surface area (Å²) in [5, 5.41) is 8.78. The first-order valence-electron chi connectivity index (χ1n) is 6.50. The molecule has 0 unspecified atom stereocenters. The lowest BCUT2D eigenvalue weighted by Crippen LogP contribution is -2.36. The number of aliphatic hydroxyl groups excluding tert-OH is 1. The molecule has 0 heterocycles. The van der Waals surface area contributed by atoms with Crippen LogP contribution in [0.5, 0.6) is 5.75 Å². The van der Waals surface area contributed by atoms with E-state index < -0.39 is 5.91 Å². The molecule has 0 saturated heterocycles. The summed E-state index contributed by atoms with van der Waals surface area (Å²) < 4.78 is 5.37. The van der Waals surface area contributed by atoms with Crippen LogP contribution in [0.2, 0.25) is 0 Å². The number of amides is 2. The van der Waals surface area contributed by atoms with E-state index in [9.17, 15) is 9.59 Å². The van der Waals surface area contributed by atoms with Gasteiger partial charge in [-0.1, -0.05) is 12.1 Å². The number of carbonyl (C=O) groups is 2. The molecule has 3 N–H and O–H groups in total. The topological polar surface area (TPSA) is 92.9 Å². The first-order chi connectivity index (χ1) is 9.60. The van der Waals surface area contributed by atoms with Gasteiger partial charge in [0, 0.05) is 19.7 Å². The van der Waals surface area contributed by atoms with Crippen molar-refractivity contribution in [2.45, 2.75) is 13.3 Å². The number of para-hydroxylation sites is 1. The van der Waals surface area contributed by atoms with E-state index in [2.05, 4.69) is 0 Å². The number of nitrogens with two attached hydrogens (primary N) is 1. The molecule has 0 aliphatic heterocycles. The third kappa shape index (κ3) is 4.55. The van der Waals surface area contributed by atoms with E-state index in [1.54, 1.807) is 29.2 Å². The summed E-state index contributed by atoms with van der Waals surface area (Å²) in [6.45, 7) is 2.75. The van der Waals surface area contributed by atoms with Crippen molar-refractivity contribution in [1.29, 1.82) is 0 Å². The van der Waals surface area contributed by atoms with Crippen molar-refractivity contribution >= 4 is 11.8 Å². The second-order valence-corrected chi connectivity index (χ2v) is 4.20. The van der Waals surface area contributed by atoms with E-state index >= 15 is 0 Å². The zero-order valence-corrected chi connectivity index (χ0v) is 11.5. The van der Waals surface area contributed by atoms with E-state index in [-0.39, 0.29) is 24.7 Å². The molecule has 0 aliphatic rings. The largest absolute Gasteiger partial charge is 0.483 e. The summed E-state index contributed by atoms with van der Waals surface area (Å²) >= 11 is 0. The standard InChI is InChI=1S/C14H20N2O4/c1-2-16(8-5-9-17)13(18)10-20-12-7-4-3-6-11(12)14(15)19/h3-4,6-7,17H,2,5,8-10H2,1H3,(H2,15,19). The van der Waals surface area contributed by atoms with E-state index in [4.69, 9.17) is 15.6 Å². The molecule has 1 aromatic carbocycles. The van der Waals surface area contributed by atoms with Crippen LogP contribution in [0.15, 0.2) is 24.3 Å². The highest BCUT2D eigenvalue weighted by Gasteiger charge is 2.14. The van der Waals surface area contributed by atoms with Crippen molar-refractivity contribution in [1.82, 2.24) is 4.90 Å². The Morgan fingerprint density at radius 2 is 2.05 bits per heavy atom. The zero-order chi connectivity index (χ0) is 15.0. The number of aliphatic hydroxyl groups is 1. The van der Waals surface area contributed by atoms with Gasteiger partial charge in [-0.05, 0) is 25.5 Å². The predicted molar refractivity (Wildman–Crippen MR) is 74.4 cm³/mol. The van der Waals surface area contributed by atoms with Crippen LogP contribution in [0.4, 0.5) is 0 Å². The number of nitrogens with zero attached hydrogens (tertiary/aromatic N) is 1. The molecule has 0 spiro atoms. The van der Waals surface area contributed by atoms with Crippen LogP contribution in [-0.2, 0) is 4.79 Å². The maximum atomic E-state index is 11.9. The van der Waals surface area contributed by atoms with Gasteiger partial charge in [-0.15, -0.1) is 0 Å². The Labute approximate surface area is 118 Å². The Hall–Kier alpha value is -2.08. The summed E-state index contributed by atoms with van der Waals surface area (Å²) in [5.74, 6) is -0.493. The Morgan fingerprint density at radius 3 is 2.65 bits per heavy atom.